The lowest BCUT2D eigenvalue weighted by atomic mass is 9.98. The topological polar surface area (TPSA) is 54.2 Å². The number of nitrogens with two attached hydrogens (primary N) is 1. The molecular weight excluding hydrogens is 376 g/mol. The Morgan fingerprint density at radius 2 is 1.93 bits per heavy atom. The molecule has 0 amide bonds. The van der Waals surface area contributed by atoms with Gasteiger partial charge in [-0.2, -0.15) is 0 Å². The number of nitrogens with zero attached hydrogens (tertiary/aromatic N) is 2. The van der Waals surface area contributed by atoms with Crippen LogP contribution in [0.1, 0.15) is 34.9 Å². The van der Waals surface area contributed by atoms with Gasteiger partial charge in [-0.15, -0.1) is 11.3 Å². The minimum Gasteiger partial charge on any atom is -0.383 e. The van der Waals surface area contributed by atoms with Crippen LogP contribution in [0.4, 0.5) is 0 Å². The maximum atomic E-state index is 6.02. The number of aryl methyl sites for hydroxylation is 1. The fraction of sp³-hybridized carbons (Fsp3) is 0.375. The average molecular weight is 407 g/mol. The second kappa shape index (κ2) is 8.27. The van der Waals surface area contributed by atoms with Gasteiger partial charge in [0.15, 0.2) is 0 Å². The predicted molar refractivity (Wildman–Crippen MR) is 125 cm³/mol. The lowest BCUT2D eigenvalue weighted by Crippen LogP contribution is -2.30. The molecule has 1 aliphatic heterocycles. The largest absolute Gasteiger partial charge is 0.383 e. The van der Waals surface area contributed by atoms with Crippen LogP contribution in [-0.2, 0) is 6.54 Å². The van der Waals surface area contributed by atoms with Crippen molar-refractivity contribution in [1.29, 1.82) is 0 Å². The van der Waals surface area contributed by atoms with Crippen LogP contribution < -0.4 is 21.5 Å². The SMILES string of the molecule is C=c1c(CN)cc(-c2cc(C)c3nc(C4CCNCC4)sc3c2)c/c1=C/N(C)C. The highest BCUT2D eigenvalue weighted by atomic mass is 32.1. The number of benzene rings is 2. The first-order valence-corrected chi connectivity index (χ1v) is 11.1. The smallest absolute Gasteiger partial charge is 0.0970 e. The van der Waals surface area contributed by atoms with Crippen LogP contribution in [0, 0.1) is 6.92 Å². The second-order valence-corrected chi connectivity index (χ2v) is 9.28. The summed E-state index contributed by atoms with van der Waals surface area (Å²) >= 11 is 1.86. The van der Waals surface area contributed by atoms with Gasteiger partial charge in [-0.05, 0) is 89.8 Å². The van der Waals surface area contributed by atoms with Gasteiger partial charge in [-0.25, -0.2) is 4.98 Å². The average Bonchev–Trinajstić information content (AvgIpc) is 3.15. The second-order valence-electron chi connectivity index (χ2n) is 8.22. The zero-order valence-corrected chi connectivity index (χ0v) is 18.4. The van der Waals surface area contributed by atoms with E-state index in [0.717, 1.165) is 34.6 Å². The number of hydrogen-bond donors (Lipinski definition) is 2. The minimum absolute atomic E-state index is 0.489. The van der Waals surface area contributed by atoms with Gasteiger partial charge < -0.3 is 16.0 Å². The molecule has 3 aromatic rings. The van der Waals surface area contributed by atoms with Crippen LogP contribution in [0.3, 0.4) is 0 Å². The van der Waals surface area contributed by atoms with E-state index < -0.39 is 0 Å². The molecule has 1 aromatic heterocycles. The van der Waals surface area contributed by atoms with Crippen molar-refractivity contribution < 1.29 is 0 Å². The maximum absolute atomic E-state index is 6.02. The highest BCUT2D eigenvalue weighted by molar-refractivity contribution is 7.18. The van der Waals surface area contributed by atoms with E-state index in [-0.39, 0.29) is 0 Å². The van der Waals surface area contributed by atoms with Crippen molar-refractivity contribution in [3.8, 4) is 11.1 Å². The van der Waals surface area contributed by atoms with E-state index in [1.807, 2.05) is 25.4 Å². The molecular formula is C24H30N4S. The Labute approximate surface area is 176 Å². The van der Waals surface area contributed by atoms with E-state index in [9.17, 15) is 0 Å². The Morgan fingerprint density at radius 3 is 2.62 bits per heavy atom. The molecule has 4 nitrogen and oxygen atoms in total. The molecule has 0 radical (unpaired) electrons. The monoisotopic (exact) mass is 406 g/mol. The Kier molecular flexibility index (Phi) is 5.72. The van der Waals surface area contributed by atoms with Crippen molar-refractivity contribution in [1.82, 2.24) is 15.2 Å². The third kappa shape index (κ3) is 4.08. The van der Waals surface area contributed by atoms with Gasteiger partial charge in [0.25, 0.3) is 0 Å². The van der Waals surface area contributed by atoms with Gasteiger partial charge in [0.1, 0.15) is 0 Å². The summed E-state index contributed by atoms with van der Waals surface area (Å²) in [5.41, 5.74) is 11.9. The molecule has 0 unspecified atom stereocenters. The third-order valence-electron chi connectivity index (χ3n) is 5.72. The molecule has 0 spiro atoms. The fourth-order valence-corrected chi connectivity index (χ4v) is 5.38. The number of fused-ring (bicyclic) bond motifs is 1. The van der Waals surface area contributed by atoms with Crippen LogP contribution in [-0.4, -0.2) is 37.1 Å². The third-order valence-corrected chi connectivity index (χ3v) is 6.88. The van der Waals surface area contributed by atoms with E-state index in [2.05, 4.69) is 54.2 Å². The Bertz CT molecular complexity index is 1140. The lowest BCUT2D eigenvalue weighted by molar-refractivity contribution is 0.459. The van der Waals surface area contributed by atoms with E-state index in [4.69, 9.17) is 10.7 Å². The Balaban J connectivity index is 1.83. The molecule has 0 aliphatic carbocycles. The molecule has 2 aromatic carbocycles. The maximum Gasteiger partial charge on any atom is 0.0970 e. The van der Waals surface area contributed by atoms with Crippen LogP contribution >= 0.6 is 11.3 Å². The van der Waals surface area contributed by atoms with E-state index in [1.54, 1.807) is 0 Å². The summed E-state index contributed by atoms with van der Waals surface area (Å²) < 4.78 is 1.28. The minimum atomic E-state index is 0.489. The number of nitrogens with one attached hydrogen (secondary N) is 1. The number of aromatic nitrogens is 1. The molecule has 1 aliphatic rings. The lowest BCUT2D eigenvalue weighted by Gasteiger charge is -2.20. The predicted octanol–water partition coefficient (Wildman–Crippen LogP) is 2.91. The van der Waals surface area contributed by atoms with Crippen LogP contribution in [0.25, 0.3) is 34.1 Å². The first kappa shape index (κ1) is 20.1. The van der Waals surface area contributed by atoms with Crippen molar-refractivity contribution in [3.63, 3.8) is 0 Å². The van der Waals surface area contributed by atoms with E-state index in [0.29, 0.717) is 12.5 Å². The van der Waals surface area contributed by atoms with E-state index >= 15 is 0 Å². The first-order chi connectivity index (χ1) is 14.0. The van der Waals surface area contributed by atoms with Crippen molar-refractivity contribution in [2.24, 2.45) is 5.73 Å². The summed E-state index contributed by atoms with van der Waals surface area (Å²) in [5, 5.41) is 6.86. The van der Waals surface area contributed by atoms with Gasteiger partial charge in [0.05, 0.1) is 15.2 Å². The van der Waals surface area contributed by atoms with Crippen LogP contribution in [0.15, 0.2) is 24.3 Å². The molecule has 1 fully saturated rings. The fourth-order valence-electron chi connectivity index (χ4n) is 4.12. The van der Waals surface area contributed by atoms with Crippen molar-refractivity contribution in [3.05, 3.63) is 50.8 Å². The molecule has 29 heavy (non-hydrogen) atoms. The normalized spacial score (nSPS) is 15.9. The standard InChI is InChI=1S/C24H30N4S/c1-15-9-18(19-10-20(13-25)16(2)21(11-19)14-28(3)4)12-22-23(15)27-24(29-22)17-5-7-26-8-6-17/h9-12,14,17,26H,2,5-8,13,25H2,1,3-4H3/b21-14-. The van der Waals surface area contributed by atoms with Gasteiger partial charge in [-0.1, -0.05) is 6.58 Å². The summed E-state index contributed by atoms with van der Waals surface area (Å²) in [4.78, 5) is 7.08. The molecule has 0 bridgehead atoms. The van der Waals surface area contributed by atoms with E-state index in [1.165, 1.54) is 39.2 Å². The van der Waals surface area contributed by atoms with Gasteiger partial charge in [0.2, 0.25) is 0 Å². The Morgan fingerprint density at radius 1 is 1.21 bits per heavy atom. The Hall–Kier alpha value is -2.21. The first-order valence-electron chi connectivity index (χ1n) is 10.3. The number of hydrogen-bond acceptors (Lipinski definition) is 5. The summed E-state index contributed by atoms with van der Waals surface area (Å²) in [7, 11) is 4.06. The molecule has 0 atom stereocenters. The molecule has 4 rings (SSSR count). The highest BCUT2D eigenvalue weighted by Crippen LogP contribution is 2.36. The highest BCUT2D eigenvalue weighted by Gasteiger charge is 2.20. The molecule has 5 heteroatoms. The summed E-state index contributed by atoms with van der Waals surface area (Å²) in [6.07, 6.45) is 4.47. The summed E-state index contributed by atoms with van der Waals surface area (Å²) in [5.74, 6) is 0.590. The summed E-state index contributed by atoms with van der Waals surface area (Å²) in [6.45, 7) is 9.10. The van der Waals surface area contributed by atoms with Gasteiger partial charge >= 0.3 is 0 Å². The molecule has 3 N–H and O–H groups in total. The number of rotatable bonds is 4. The van der Waals surface area contributed by atoms with Crippen molar-refractivity contribution in [2.75, 3.05) is 27.2 Å². The van der Waals surface area contributed by atoms with Gasteiger partial charge in [-0.3, -0.25) is 0 Å². The molecule has 1 saturated heterocycles. The molecule has 2 heterocycles. The van der Waals surface area contributed by atoms with Crippen LogP contribution in [0.5, 0.6) is 0 Å². The van der Waals surface area contributed by atoms with Crippen molar-refractivity contribution >= 4 is 34.3 Å². The number of thiazole rings is 1. The van der Waals surface area contributed by atoms with Crippen molar-refractivity contribution in [2.45, 2.75) is 32.2 Å². The summed E-state index contributed by atoms with van der Waals surface area (Å²) in [6, 6.07) is 8.95. The van der Waals surface area contributed by atoms with Gasteiger partial charge in [0, 0.05) is 32.8 Å². The zero-order chi connectivity index (χ0) is 20.5. The quantitative estimate of drug-likeness (QED) is 0.700. The zero-order valence-electron chi connectivity index (χ0n) is 17.6. The van der Waals surface area contributed by atoms with Crippen LogP contribution in [0.2, 0.25) is 0 Å². The molecule has 0 saturated carbocycles. The number of piperidine rings is 1. The molecule has 152 valence electrons.